The van der Waals surface area contributed by atoms with E-state index in [2.05, 4.69) is 22.6 Å². The largest absolute Gasteiger partial charge is 0.492 e. The Morgan fingerprint density at radius 1 is 0.971 bits per heavy atom. The van der Waals surface area contributed by atoms with E-state index >= 15 is 0 Å². The van der Waals surface area contributed by atoms with Gasteiger partial charge in [-0.3, -0.25) is 9.59 Å². The highest BCUT2D eigenvalue weighted by molar-refractivity contribution is 14.1. The average molecular weight is 586 g/mol. The van der Waals surface area contributed by atoms with Gasteiger partial charge in [-0.05, 0) is 77.0 Å². The smallest absolute Gasteiger partial charge is 0.299 e. The fourth-order valence-electron chi connectivity index (χ4n) is 4.11. The van der Waals surface area contributed by atoms with Crippen LogP contribution in [0.15, 0.2) is 77.7 Å². The molecule has 1 saturated heterocycles. The third-order valence-electron chi connectivity index (χ3n) is 6.08. The number of para-hydroxylation sites is 1. The molecule has 0 spiro atoms. The van der Waals surface area contributed by atoms with Gasteiger partial charge >= 0.3 is 0 Å². The van der Waals surface area contributed by atoms with Crippen LogP contribution in [0.2, 0.25) is 0 Å². The summed E-state index contributed by atoms with van der Waals surface area (Å²) >= 11 is 2.20. The molecule has 3 aromatic rings. The van der Waals surface area contributed by atoms with Gasteiger partial charge in [0.05, 0.1) is 28.7 Å². The number of anilines is 1. The van der Waals surface area contributed by atoms with Crippen molar-refractivity contribution in [2.75, 3.05) is 18.1 Å². The zero-order valence-electron chi connectivity index (χ0n) is 18.1. The molecule has 2 heterocycles. The van der Waals surface area contributed by atoms with E-state index in [1.165, 1.54) is 21.3 Å². The fourth-order valence-corrected chi connectivity index (χ4v) is 6.16. The minimum atomic E-state index is -3.83. The first-order valence-corrected chi connectivity index (χ1v) is 13.3. The summed E-state index contributed by atoms with van der Waals surface area (Å²) in [6.07, 6.45) is 0.693. The van der Waals surface area contributed by atoms with Crippen LogP contribution < -0.4 is 9.64 Å². The number of hydrogen-bond acceptors (Lipinski definition) is 5. The molecule has 1 unspecified atom stereocenters. The number of carbonyl (C=O) groups is 2. The van der Waals surface area contributed by atoms with Crippen LogP contribution in [0.5, 0.6) is 5.75 Å². The number of Topliss-reactive ketones (excluding diaryl/α,β-unsaturated/α-hetero) is 1. The number of rotatable bonds is 7. The van der Waals surface area contributed by atoms with Gasteiger partial charge in [0.2, 0.25) is 10.0 Å². The molecule has 34 heavy (non-hydrogen) atoms. The van der Waals surface area contributed by atoms with Gasteiger partial charge in [0, 0.05) is 10.1 Å². The summed E-state index contributed by atoms with van der Waals surface area (Å²) < 4.78 is 34.8. The van der Waals surface area contributed by atoms with Crippen molar-refractivity contribution in [3.63, 3.8) is 0 Å². The minimum absolute atomic E-state index is 0.00734. The molecule has 9 heteroatoms. The molecule has 1 atom stereocenters. The van der Waals surface area contributed by atoms with E-state index in [1.807, 2.05) is 54.6 Å². The topological polar surface area (TPSA) is 84.0 Å². The number of halogens is 1. The number of benzene rings is 3. The first kappa shape index (κ1) is 23.0. The molecule has 7 nitrogen and oxygen atoms in total. The fraction of sp³-hybridized carbons (Fsp3) is 0.200. The van der Waals surface area contributed by atoms with Gasteiger partial charge in [0.15, 0.2) is 0 Å². The van der Waals surface area contributed by atoms with Crippen molar-refractivity contribution in [3.05, 3.63) is 87.5 Å². The second-order valence-corrected chi connectivity index (χ2v) is 11.3. The van der Waals surface area contributed by atoms with Crippen molar-refractivity contribution in [2.24, 2.45) is 0 Å². The molecule has 0 aromatic heterocycles. The molecular formula is C25H21IN2O5S. The van der Waals surface area contributed by atoms with Crippen LogP contribution in [-0.4, -0.2) is 43.6 Å². The summed E-state index contributed by atoms with van der Waals surface area (Å²) in [5.41, 5.74) is 1.43. The highest BCUT2D eigenvalue weighted by atomic mass is 125. The number of fused-ring (bicyclic) bond motifs is 1. The van der Waals surface area contributed by atoms with Gasteiger partial charge in [-0.1, -0.05) is 30.3 Å². The molecule has 174 valence electrons. The third kappa shape index (κ3) is 4.23. The van der Waals surface area contributed by atoms with Gasteiger partial charge in [0.25, 0.3) is 11.7 Å². The van der Waals surface area contributed by atoms with E-state index in [9.17, 15) is 18.0 Å². The molecule has 0 aliphatic carbocycles. The highest BCUT2D eigenvalue weighted by Gasteiger charge is 2.41. The number of nitrogens with zero attached hydrogens (tertiary/aromatic N) is 2. The van der Waals surface area contributed by atoms with Gasteiger partial charge in [-0.2, -0.15) is 4.31 Å². The van der Waals surface area contributed by atoms with Crippen molar-refractivity contribution in [3.8, 4) is 5.75 Å². The van der Waals surface area contributed by atoms with Crippen LogP contribution in [0.25, 0.3) is 0 Å². The lowest BCUT2D eigenvalue weighted by Gasteiger charge is -2.39. The maximum Gasteiger partial charge on any atom is 0.299 e. The molecule has 5 rings (SSSR count). The van der Waals surface area contributed by atoms with E-state index < -0.39 is 21.7 Å². The molecule has 2 aliphatic heterocycles. The molecular weight excluding hydrogens is 565 g/mol. The average Bonchev–Trinajstić information content (AvgIpc) is 3.04. The molecule has 1 amide bonds. The van der Waals surface area contributed by atoms with E-state index in [4.69, 9.17) is 4.74 Å². The summed E-state index contributed by atoms with van der Waals surface area (Å²) in [6.45, 7) is 0.870. The quantitative estimate of drug-likeness (QED) is 0.310. The molecule has 1 fully saturated rings. The number of hydrogen-bond donors (Lipinski definition) is 0. The maximum absolute atomic E-state index is 13.3. The molecule has 0 N–H and O–H groups in total. The number of carbonyl (C=O) groups excluding carboxylic acids is 2. The Balaban J connectivity index is 1.35. The number of ketones is 1. The van der Waals surface area contributed by atoms with Crippen LogP contribution in [0, 0.1) is 3.57 Å². The predicted molar refractivity (Wildman–Crippen MR) is 135 cm³/mol. The number of sulfonamides is 1. The minimum Gasteiger partial charge on any atom is -0.492 e. The standard InChI is InChI=1S/C25H21IN2O5S/c26-18-8-6-17(7-9-18)15-27-23-11-10-21(14-22(23)24(29)25(27)30)34(31,32)28-13-12-19(28)16-33-20-4-2-1-3-5-20/h1-11,14,19H,12-13,15-16H2/i26-2. The van der Waals surface area contributed by atoms with Gasteiger partial charge in [-0.15, -0.1) is 0 Å². The van der Waals surface area contributed by atoms with Gasteiger partial charge in [0.1, 0.15) is 12.4 Å². The van der Waals surface area contributed by atoms with E-state index in [0.717, 1.165) is 9.13 Å². The Bertz CT molecular complexity index is 1360. The zero-order chi connectivity index (χ0) is 23.9. The summed E-state index contributed by atoms with van der Waals surface area (Å²) in [6, 6.07) is 21.0. The van der Waals surface area contributed by atoms with Crippen molar-refractivity contribution < 1.29 is 22.7 Å². The Hall–Kier alpha value is -2.76. The highest BCUT2D eigenvalue weighted by Crippen LogP contribution is 2.35. The normalized spacial score (nSPS) is 18.0. The van der Waals surface area contributed by atoms with Gasteiger partial charge in [-0.25, -0.2) is 8.42 Å². The Labute approximate surface area is 211 Å². The van der Waals surface area contributed by atoms with Gasteiger partial charge < -0.3 is 9.64 Å². The van der Waals surface area contributed by atoms with E-state index in [0.29, 0.717) is 24.4 Å². The van der Waals surface area contributed by atoms with Crippen molar-refractivity contribution in [1.82, 2.24) is 4.31 Å². The van der Waals surface area contributed by atoms with Crippen molar-refractivity contribution >= 4 is 50.0 Å². The monoisotopic (exact) mass is 586 g/mol. The predicted octanol–water partition coefficient (Wildman–Crippen LogP) is 3.86. The maximum atomic E-state index is 13.3. The third-order valence-corrected chi connectivity index (χ3v) is 8.75. The van der Waals surface area contributed by atoms with Crippen LogP contribution >= 0.6 is 22.6 Å². The summed E-state index contributed by atoms with van der Waals surface area (Å²) in [5.74, 6) is -0.659. The van der Waals surface area contributed by atoms with E-state index in [-0.39, 0.29) is 29.7 Å². The Morgan fingerprint density at radius 2 is 1.71 bits per heavy atom. The molecule has 0 radical (unpaired) electrons. The van der Waals surface area contributed by atoms with E-state index in [1.54, 1.807) is 6.07 Å². The lowest BCUT2D eigenvalue weighted by molar-refractivity contribution is -0.114. The number of ether oxygens (including phenoxy) is 1. The molecule has 3 aromatic carbocycles. The van der Waals surface area contributed by atoms with Crippen molar-refractivity contribution in [1.29, 1.82) is 0 Å². The molecule has 0 saturated carbocycles. The summed E-state index contributed by atoms with van der Waals surface area (Å²) in [5, 5.41) is 0. The van der Waals surface area contributed by atoms with Crippen LogP contribution in [0.4, 0.5) is 5.69 Å². The Morgan fingerprint density at radius 3 is 2.38 bits per heavy atom. The van der Waals surface area contributed by atoms with Crippen molar-refractivity contribution in [2.45, 2.75) is 23.9 Å². The lowest BCUT2D eigenvalue weighted by atomic mass is 10.1. The second-order valence-electron chi connectivity index (χ2n) is 8.21. The molecule has 2 aliphatic rings. The SMILES string of the molecule is O=C1C(=O)N(Cc2ccc([125I])cc2)c2ccc(S(=O)(=O)N3CCC3COc3ccccc3)cc21. The van der Waals surface area contributed by atoms with Crippen LogP contribution in [0.1, 0.15) is 22.3 Å². The summed E-state index contributed by atoms with van der Waals surface area (Å²) in [7, 11) is -3.83. The molecule has 0 bridgehead atoms. The lowest BCUT2D eigenvalue weighted by Crippen LogP contribution is -2.53. The second kappa shape index (κ2) is 9.12. The number of amides is 1. The van der Waals surface area contributed by atoms with Crippen LogP contribution in [0.3, 0.4) is 0 Å². The Kier molecular flexibility index (Phi) is 6.17. The first-order chi connectivity index (χ1) is 16.3. The van der Waals surface area contributed by atoms with Crippen LogP contribution in [-0.2, 0) is 21.4 Å². The zero-order valence-corrected chi connectivity index (χ0v) is 21.0. The summed E-state index contributed by atoms with van der Waals surface area (Å²) in [4.78, 5) is 26.8. The first-order valence-electron chi connectivity index (χ1n) is 10.8.